The fraction of sp³-hybridized carbons (Fsp3) is 0.364. The normalized spacial score (nSPS) is 12.5. The lowest BCUT2D eigenvalue weighted by atomic mass is 10.00. The molecule has 1 atom stereocenters. The molecule has 7 nitrogen and oxygen atoms in total. The minimum Gasteiger partial charge on any atom is -0.473 e. The Morgan fingerprint density at radius 2 is 1.97 bits per heavy atom. The molecule has 0 bridgehead atoms. The Morgan fingerprint density at radius 3 is 2.55 bits per heavy atom. The molecule has 0 spiro atoms. The first kappa shape index (κ1) is 24.1. The maximum absolute atomic E-state index is 14.0. The number of aromatic nitrogens is 3. The van der Waals surface area contributed by atoms with Gasteiger partial charge >= 0.3 is 6.18 Å². The molecular weight excluding hydrogens is 444 g/mol. The van der Waals surface area contributed by atoms with Crippen molar-refractivity contribution in [3.63, 3.8) is 0 Å². The number of pyridine rings is 1. The van der Waals surface area contributed by atoms with Crippen LogP contribution in [0.3, 0.4) is 0 Å². The third kappa shape index (κ3) is 5.29. The van der Waals surface area contributed by atoms with Crippen LogP contribution in [0.25, 0.3) is 11.5 Å². The summed E-state index contributed by atoms with van der Waals surface area (Å²) < 4.78 is 62.9. The van der Waals surface area contributed by atoms with E-state index in [1.54, 1.807) is 32.9 Å². The van der Waals surface area contributed by atoms with Gasteiger partial charge in [-0.3, -0.25) is 4.79 Å². The standard InChI is InChI=1S/C22H22F4N4O3/c1-5-30(13(3)11-32-19-17(23)9-15(10-27-19)22(24,25)26)21(31)16-8-6-7-12(2)18(16)20-29-28-14(4)33-20/h6-10,13H,5,11H2,1-4H3. The molecule has 1 aromatic carbocycles. The minimum absolute atomic E-state index is 0.185. The quantitative estimate of drug-likeness (QED) is 0.464. The van der Waals surface area contributed by atoms with Crippen LogP contribution in [0, 0.1) is 19.7 Å². The van der Waals surface area contributed by atoms with E-state index >= 15 is 0 Å². The van der Waals surface area contributed by atoms with Crippen LogP contribution in [0.15, 0.2) is 34.9 Å². The van der Waals surface area contributed by atoms with Gasteiger partial charge in [-0.05, 0) is 38.5 Å². The summed E-state index contributed by atoms with van der Waals surface area (Å²) in [6, 6.07) is 4.95. The number of carbonyl (C=O) groups is 1. The Balaban J connectivity index is 1.80. The average Bonchev–Trinajstić information content (AvgIpc) is 3.18. The lowest BCUT2D eigenvalue weighted by molar-refractivity contribution is -0.138. The molecule has 1 amide bonds. The van der Waals surface area contributed by atoms with Crippen molar-refractivity contribution in [2.45, 2.75) is 39.9 Å². The summed E-state index contributed by atoms with van der Waals surface area (Å²) >= 11 is 0. The number of ether oxygens (including phenoxy) is 1. The van der Waals surface area contributed by atoms with Crippen molar-refractivity contribution in [3.8, 4) is 17.3 Å². The molecule has 0 fully saturated rings. The van der Waals surface area contributed by atoms with Crippen LogP contribution >= 0.6 is 0 Å². The number of alkyl halides is 3. The molecule has 0 radical (unpaired) electrons. The SMILES string of the molecule is CCN(C(=O)c1cccc(C)c1-c1nnc(C)o1)C(C)COc1ncc(C(F)(F)F)cc1F. The molecule has 3 rings (SSSR count). The molecule has 11 heteroatoms. The van der Waals surface area contributed by atoms with E-state index in [1.807, 2.05) is 13.0 Å². The monoisotopic (exact) mass is 466 g/mol. The van der Waals surface area contributed by atoms with E-state index in [2.05, 4.69) is 15.2 Å². The fourth-order valence-electron chi connectivity index (χ4n) is 3.31. The van der Waals surface area contributed by atoms with Gasteiger partial charge in [-0.1, -0.05) is 12.1 Å². The van der Waals surface area contributed by atoms with Gasteiger partial charge in [-0.2, -0.15) is 13.2 Å². The molecule has 3 aromatic rings. The lowest BCUT2D eigenvalue weighted by Gasteiger charge is -2.28. The molecule has 0 aliphatic heterocycles. The highest BCUT2D eigenvalue weighted by Crippen LogP contribution is 2.31. The van der Waals surface area contributed by atoms with Crippen molar-refractivity contribution in [1.82, 2.24) is 20.1 Å². The van der Waals surface area contributed by atoms with Gasteiger partial charge in [0.25, 0.3) is 5.91 Å². The van der Waals surface area contributed by atoms with E-state index in [0.29, 0.717) is 35.8 Å². The van der Waals surface area contributed by atoms with Gasteiger partial charge < -0.3 is 14.1 Å². The van der Waals surface area contributed by atoms with Gasteiger partial charge in [0.1, 0.15) is 6.61 Å². The number of halogens is 4. The Bertz CT molecular complexity index is 1150. The smallest absolute Gasteiger partial charge is 0.417 e. The second kappa shape index (κ2) is 9.55. The second-order valence-corrected chi connectivity index (χ2v) is 7.38. The second-order valence-electron chi connectivity index (χ2n) is 7.38. The van der Waals surface area contributed by atoms with Crippen LogP contribution in [0.5, 0.6) is 5.88 Å². The van der Waals surface area contributed by atoms with E-state index in [1.165, 1.54) is 4.90 Å². The first-order valence-corrected chi connectivity index (χ1v) is 10.1. The number of benzene rings is 1. The molecule has 0 saturated heterocycles. The van der Waals surface area contributed by atoms with E-state index in [4.69, 9.17) is 9.15 Å². The van der Waals surface area contributed by atoms with Gasteiger partial charge in [-0.15, -0.1) is 10.2 Å². The Kier molecular flexibility index (Phi) is 6.99. The van der Waals surface area contributed by atoms with Crippen molar-refractivity contribution in [2.24, 2.45) is 0 Å². The maximum Gasteiger partial charge on any atom is 0.417 e. The zero-order valence-corrected chi connectivity index (χ0v) is 18.4. The zero-order valence-electron chi connectivity index (χ0n) is 18.4. The summed E-state index contributed by atoms with van der Waals surface area (Å²) in [5, 5.41) is 7.84. The third-order valence-electron chi connectivity index (χ3n) is 4.97. The van der Waals surface area contributed by atoms with Gasteiger partial charge in [0.05, 0.1) is 22.7 Å². The van der Waals surface area contributed by atoms with Gasteiger partial charge in [-0.25, -0.2) is 9.37 Å². The molecule has 176 valence electrons. The highest BCUT2D eigenvalue weighted by atomic mass is 19.4. The van der Waals surface area contributed by atoms with Gasteiger partial charge in [0.15, 0.2) is 5.82 Å². The first-order chi connectivity index (χ1) is 15.5. The molecular formula is C22H22F4N4O3. The fourth-order valence-corrected chi connectivity index (χ4v) is 3.31. The molecule has 33 heavy (non-hydrogen) atoms. The number of hydrogen-bond acceptors (Lipinski definition) is 6. The number of likely N-dealkylation sites (N-methyl/N-ethyl adjacent to an activating group) is 1. The first-order valence-electron chi connectivity index (χ1n) is 10.1. The molecule has 0 aliphatic carbocycles. The molecule has 1 unspecified atom stereocenters. The summed E-state index contributed by atoms with van der Waals surface area (Å²) in [6.45, 7) is 7.00. The summed E-state index contributed by atoms with van der Waals surface area (Å²) in [6.07, 6.45) is -4.22. The topological polar surface area (TPSA) is 81.4 Å². The summed E-state index contributed by atoms with van der Waals surface area (Å²) in [7, 11) is 0. The summed E-state index contributed by atoms with van der Waals surface area (Å²) in [5.74, 6) is -1.59. The number of nitrogens with zero attached hydrogens (tertiary/aromatic N) is 4. The Labute approximate surface area is 187 Å². The zero-order chi connectivity index (χ0) is 24.3. The number of carbonyl (C=O) groups excluding carboxylic acids is 1. The van der Waals surface area contributed by atoms with Crippen LogP contribution in [-0.4, -0.2) is 45.2 Å². The van der Waals surface area contributed by atoms with Crippen molar-refractivity contribution in [3.05, 3.63) is 58.9 Å². The molecule has 0 saturated carbocycles. The number of hydrogen-bond donors (Lipinski definition) is 0. The lowest BCUT2D eigenvalue weighted by Crippen LogP contribution is -2.42. The number of amides is 1. The van der Waals surface area contributed by atoms with Crippen LogP contribution in [0.4, 0.5) is 17.6 Å². The maximum atomic E-state index is 14.0. The predicted molar refractivity (Wildman–Crippen MR) is 110 cm³/mol. The largest absolute Gasteiger partial charge is 0.473 e. The molecule has 2 aromatic heterocycles. The highest BCUT2D eigenvalue weighted by molar-refractivity contribution is 6.00. The Hall–Kier alpha value is -3.50. The molecule has 0 aliphatic rings. The van der Waals surface area contributed by atoms with Gasteiger partial charge in [0.2, 0.25) is 17.7 Å². The Morgan fingerprint density at radius 1 is 1.24 bits per heavy atom. The van der Waals surface area contributed by atoms with Crippen LogP contribution in [0.1, 0.15) is 41.2 Å². The minimum atomic E-state index is -4.71. The number of rotatable bonds is 7. The van der Waals surface area contributed by atoms with E-state index in [9.17, 15) is 22.4 Å². The van der Waals surface area contributed by atoms with Crippen LogP contribution in [0.2, 0.25) is 0 Å². The van der Waals surface area contributed by atoms with Crippen molar-refractivity contribution in [2.75, 3.05) is 13.2 Å². The average molecular weight is 466 g/mol. The highest BCUT2D eigenvalue weighted by Gasteiger charge is 2.32. The van der Waals surface area contributed by atoms with E-state index in [-0.39, 0.29) is 18.4 Å². The third-order valence-corrected chi connectivity index (χ3v) is 4.97. The predicted octanol–water partition coefficient (Wildman–Crippen LogP) is 4.84. The molecule has 0 N–H and O–H groups in total. The van der Waals surface area contributed by atoms with Gasteiger partial charge in [0, 0.05) is 19.7 Å². The van der Waals surface area contributed by atoms with E-state index in [0.717, 1.165) is 5.56 Å². The molecule has 2 heterocycles. The van der Waals surface area contributed by atoms with Crippen molar-refractivity contribution in [1.29, 1.82) is 0 Å². The van der Waals surface area contributed by atoms with E-state index < -0.39 is 29.5 Å². The van der Waals surface area contributed by atoms with Crippen molar-refractivity contribution >= 4 is 5.91 Å². The van der Waals surface area contributed by atoms with Crippen LogP contribution < -0.4 is 4.74 Å². The summed E-state index contributed by atoms with van der Waals surface area (Å²) in [4.78, 5) is 18.3. The van der Waals surface area contributed by atoms with Crippen LogP contribution in [-0.2, 0) is 6.18 Å². The van der Waals surface area contributed by atoms with Crippen molar-refractivity contribution < 1.29 is 31.5 Å². The number of aryl methyl sites for hydroxylation is 2. The summed E-state index contributed by atoms with van der Waals surface area (Å²) in [5.41, 5.74) is 0.394.